The lowest BCUT2D eigenvalue weighted by molar-refractivity contribution is -0.148. The molecule has 0 amide bonds. The monoisotopic (exact) mass is 370 g/mol. The van der Waals surface area contributed by atoms with Crippen molar-refractivity contribution in [1.82, 2.24) is 0 Å². The third-order valence-corrected chi connectivity index (χ3v) is 3.73. The van der Waals surface area contributed by atoms with E-state index in [4.69, 9.17) is 9.15 Å². The lowest BCUT2D eigenvalue weighted by Gasteiger charge is -2.11. The minimum absolute atomic E-state index is 0.132. The van der Waals surface area contributed by atoms with Gasteiger partial charge >= 0.3 is 11.9 Å². The molecule has 0 saturated carbocycles. The number of esters is 2. The van der Waals surface area contributed by atoms with Gasteiger partial charge in [-0.1, -0.05) is 12.1 Å². The maximum Gasteiger partial charge on any atom is 0.322 e. The summed E-state index contributed by atoms with van der Waals surface area (Å²) in [5, 5.41) is 19.4. The summed E-state index contributed by atoms with van der Waals surface area (Å²) in [6.07, 6.45) is -0.691. The van der Waals surface area contributed by atoms with E-state index in [0.717, 1.165) is 13.2 Å². The van der Waals surface area contributed by atoms with Crippen LogP contribution in [-0.4, -0.2) is 29.3 Å². The number of carbonyl (C=O) groups is 2. The van der Waals surface area contributed by atoms with Crippen LogP contribution in [0.15, 0.2) is 51.7 Å². The molecule has 3 aromatic rings. The first kappa shape index (κ1) is 18.0. The first-order valence-electron chi connectivity index (χ1n) is 7.76. The number of phenols is 2. The summed E-state index contributed by atoms with van der Waals surface area (Å²) in [5.74, 6) is -3.22. The molecule has 1 heterocycles. The van der Waals surface area contributed by atoms with Gasteiger partial charge in [0, 0.05) is 5.56 Å². The smallest absolute Gasteiger partial charge is 0.322 e. The molecule has 8 nitrogen and oxygen atoms in total. The lowest BCUT2D eigenvalue weighted by Crippen LogP contribution is -2.19. The predicted octanol–water partition coefficient (Wildman–Crippen LogP) is 2.34. The van der Waals surface area contributed by atoms with E-state index < -0.39 is 35.3 Å². The summed E-state index contributed by atoms with van der Waals surface area (Å²) < 4.78 is 15.2. The first-order valence-corrected chi connectivity index (χ1v) is 7.76. The van der Waals surface area contributed by atoms with E-state index in [2.05, 4.69) is 4.74 Å². The van der Waals surface area contributed by atoms with Gasteiger partial charge in [-0.15, -0.1) is 0 Å². The maximum absolute atomic E-state index is 12.8. The Kier molecular flexibility index (Phi) is 4.80. The van der Waals surface area contributed by atoms with Crippen molar-refractivity contribution in [2.45, 2.75) is 6.42 Å². The Morgan fingerprint density at radius 1 is 1.04 bits per heavy atom. The zero-order valence-electron chi connectivity index (χ0n) is 14.1. The van der Waals surface area contributed by atoms with Crippen LogP contribution in [0.4, 0.5) is 0 Å². The molecule has 0 saturated heterocycles. The lowest BCUT2D eigenvalue weighted by atomic mass is 10.1. The number of hydrogen-bond donors (Lipinski definition) is 2. The fraction of sp³-hybridized carbons (Fsp3) is 0.105. The van der Waals surface area contributed by atoms with Gasteiger partial charge < -0.3 is 24.1 Å². The second-order valence-electron chi connectivity index (χ2n) is 5.52. The van der Waals surface area contributed by atoms with Gasteiger partial charge in [0.2, 0.25) is 11.2 Å². The van der Waals surface area contributed by atoms with Gasteiger partial charge in [0.1, 0.15) is 12.0 Å². The van der Waals surface area contributed by atoms with Crippen LogP contribution in [0.2, 0.25) is 0 Å². The zero-order valence-corrected chi connectivity index (χ0v) is 14.1. The molecule has 27 heavy (non-hydrogen) atoms. The van der Waals surface area contributed by atoms with Gasteiger partial charge in [0.15, 0.2) is 17.3 Å². The number of rotatable bonds is 4. The Morgan fingerprint density at radius 2 is 1.78 bits per heavy atom. The number of para-hydroxylation sites is 1. The number of phenolic OH excluding ortho intramolecular Hbond substituents is 2. The summed E-state index contributed by atoms with van der Waals surface area (Å²) in [5.41, 5.74) is -0.204. The molecule has 0 fully saturated rings. The van der Waals surface area contributed by atoms with Crippen LogP contribution >= 0.6 is 0 Å². The van der Waals surface area contributed by atoms with Gasteiger partial charge in [0.05, 0.1) is 12.5 Å². The van der Waals surface area contributed by atoms with Crippen molar-refractivity contribution in [1.29, 1.82) is 0 Å². The molecule has 138 valence electrons. The first-order chi connectivity index (χ1) is 12.9. The predicted molar refractivity (Wildman–Crippen MR) is 93.5 cm³/mol. The fourth-order valence-corrected chi connectivity index (χ4v) is 2.41. The van der Waals surface area contributed by atoms with Crippen molar-refractivity contribution in [3.63, 3.8) is 0 Å². The Hall–Kier alpha value is -3.81. The Balaban J connectivity index is 2.18. The second kappa shape index (κ2) is 7.20. The van der Waals surface area contributed by atoms with Crippen LogP contribution < -0.4 is 10.2 Å². The fourth-order valence-electron chi connectivity index (χ4n) is 2.41. The molecule has 0 unspecified atom stereocenters. The van der Waals surface area contributed by atoms with E-state index in [-0.39, 0.29) is 28.0 Å². The minimum Gasteiger partial charge on any atom is -0.504 e. The molecule has 8 heteroatoms. The summed E-state index contributed by atoms with van der Waals surface area (Å²) in [6.45, 7) is 0. The number of benzene rings is 2. The highest BCUT2D eigenvalue weighted by atomic mass is 16.6. The molecular weight excluding hydrogens is 356 g/mol. The van der Waals surface area contributed by atoms with E-state index in [9.17, 15) is 24.6 Å². The molecule has 0 radical (unpaired) electrons. The van der Waals surface area contributed by atoms with Crippen LogP contribution in [0, 0.1) is 0 Å². The quantitative estimate of drug-likeness (QED) is 0.407. The standard InChI is InChI=1S/C19H14O8/c1-25-15(22)9-16(23)27-19-17(24)11-4-2-3-5-14(11)26-18(19)10-6-7-12(20)13(21)8-10/h2-8,20-21H,9H2,1H3. The van der Waals surface area contributed by atoms with Crippen LogP contribution in [-0.2, 0) is 14.3 Å². The molecule has 1 aromatic heterocycles. The van der Waals surface area contributed by atoms with Crippen molar-refractivity contribution in [2.75, 3.05) is 7.11 Å². The molecule has 0 spiro atoms. The van der Waals surface area contributed by atoms with Gasteiger partial charge in [-0.05, 0) is 30.3 Å². The topological polar surface area (TPSA) is 123 Å². The molecule has 0 aliphatic carbocycles. The Labute approximate surface area is 152 Å². The number of ether oxygens (including phenoxy) is 2. The van der Waals surface area contributed by atoms with Crippen molar-refractivity contribution in [3.8, 4) is 28.6 Å². The molecule has 2 aromatic carbocycles. The molecule has 2 N–H and O–H groups in total. The second-order valence-corrected chi connectivity index (χ2v) is 5.52. The maximum atomic E-state index is 12.8. The van der Waals surface area contributed by atoms with Gasteiger partial charge in [-0.25, -0.2) is 0 Å². The van der Waals surface area contributed by atoms with Crippen LogP contribution in [0.3, 0.4) is 0 Å². The minimum atomic E-state index is -1.01. The molecule has 3 rings (SSSR count). The van der Waals surface area contributed by atoms with Crippen molar-refractivity contribution < 1.29 is 33.7 Å². The third kappa shape index (κ3) is 3.59. The van der Waals surface area contributed by atoms with Crippen molar-refractivity contribution >= 4 is 22.9 Å². The molecule has 0 atom stereocenters. The Bertz CT molecular complexity index is 1100. The van der Waals surface area contributed by atoms with E-state index in [1.807, 2.05) is 0 Å². The van der Waals surface area contributed by atoms with Crippen molar-refractivity contribution in [2.24, 2.45) is 0 Å². The van der Waals surface area contributed by atoms with Crippen molar-refractivity contribution in [3.05, 3.63) is 52.7 Å². The normalized spacial score (nSPS) is 10.6. The molecule has 0 aliphatic rings. The molecular formula is C19H14O8. The summed E-state index contributed by atoms with van der Waals surface area (Å²) in [6, 6.07) is 10.1. The number of fused-ring (bicyclic) bond motifs is 1. The molecule has 0 bridgehead atoms. The average Bonchev–Trinajstić information content (AvgIpc) is 2.66. The summed E-state index contributed by atoms with van der Waals surface area (Å²) in [4.78, 5) is 36.0. The van der Waals surface area contributed by atoms with Crippen LogP contribution in [0.25, 0.3) is 22.3 Å². The largest absolute Gasteiger partial charge is 0.504 e. The van der Waals surface area contributed by atoms with E-state index >= 15 is 0 Å². The van der Waals surface area contributed by atoms with Gasteiger partial charge in [-0.2, -0.15) is 0 Å². The summed E-state index contributed by atoms with van der Waals surface area (Å²) >= 11 is 0. The third-order valence-electron chi connectivity index (χ3n) is 3.73. The van der Waals surface area contributed by atoms with E-state index in [1.165, 1.54) is 18.2 Å². The highest BCUT2D eigenvalue weighted by molar-refractivity contribution is 5.93. The van der Waals surface area contributed by atoms with E-state index in [1.54, 1.807) is 18.2 Å². The summed E-state index contributed by atoms with van der Waals surface area (Å²) in [7, 11) is 1.12. The van der Waals surface area contributed by atoms with E-state index in [0.29, 0.717) is 0 Å². The van der Waals surface area contributed by atoms with Crippen LogP contribution in [0.5, 0.6) is 17.2 Å². The average molecular weight is 370 g/mol. The van der Waals surface area contributed by atoms with Crippen LogP contribution in [0.1, 0.15) is 6.42 Å². The Morgan fingerprint density at radius 3 is 2.48 bits per heavy atom. The highest BCUT2D eigenvalue weighted by Crippen LogP contribution is 2.35. The number of aromatic hydroxyl groups is 2. The highest BCUT2D eigenvalue weighted by Gasteiger charge is 2.22. The van der Waals surface area contributed by atoms with Gasteiger partial charge in [0.25, 0.3) is 0 Å². The van der Waals surface area contributed by atoms with Gasteiger partial charge in [-0.3, -0.25) is 14.4 Å². The number of hydrogen-bond acceptors (Lipinski definition) is 8. The SMILES string of the molecule is COC(=O)CC(=O)Oc1c(-c2ccc(O)c(O)c2)oc2ccccc2c1=O. The zero-order chi connectivity index (χ0) is 19.6. The number of methoxy groups -OCH3 is 1. The molecule has 0 aliphatic heterocycles. The number of carbonyl (C=O) groups excluding carboxylic acids is 2.